The molecule has 12 heteroatoms. The van der Waals surface area contributed by atoms with E-state index in [1.54, 1.807) is 0 Å². The number of aromatic nitrogens is 4. The van der Waals surface area contributed by atoms with E-state index < -0.39 is 34.4 Å². The number of H-pyrrole nitrogens is 1. The number of nitrogens with zero attached hydrogens (tertiary/aromatic N) is 3. The van der Waals surface area contributed by atoms with E-state index in [0.717, 1.165) is 12.1 Å². The molecular weight excluding hydrogens is 461 g/mol. The first-order chi connectivity index (χ1) is 14.7. The van der Waals surface area contributed by atoms with Crippen molar-refractivity contribution in [1.82, 2.24) is 20.2 Å². The van der Waals surface area contributed by atoms with E-state index in [9.17, 15) is 26.3 Å². The molecular formula is C21H17F6N4NaO. The second-order valence-electron chi connectivity index (χ2n) is 8.21. The predicted octanol–water partition coefficient (Wildman–Crippen LogP) is 3.73. The Labute approximate surface area is 207 Å². The molecule has 0 aliphatic rings. The third kappa shape index (κ3) is 4.95. The van der Waals surface area contributed by atoms with Gasteiger partial charge in [-0.1, -0.05) is 39.0 Å². The van der Waals surface area contributed by atoms with Crippen LogP contribution in [0.25, 0.3) is 33.9 Å². The average molecular weight is 478 g/mol. The first-order valence-electron chi connectivity index (χ1n) is 9.37. The summed E-state index contributed by atoms with van der Waals surface area (Å²) in [5.74, 6) is 0.00930. The van der Waals surface area contributed by atoms with E-state index in [2.05, 4.69) is 20.2 Å². The maximum absolute atomic E-state index is 13.8. The smallest absolute Gasteiger partial charge is 1.00 e. The van der Waals surface area contributed by atoms with Gasteiger partial charge in [-0.25, -0.2) is 4.98 Å². The molecule has 0 aliphatic heterocycles. The monoisotopic (exact) mass is 478 g/mol. The molecule has 0 bridgehead atoms. The Kier molecular flexibility index (Phi) is 6.46. The summed E-state index contributed by atoms with van der Waals surface area (Å²) < 4.78 is 87.2. The zero-order valence-corrected chi connectivity index (χ0v) is 20.0. The zero-order valence-electron chi connectivity index (χ0n) is 19.0. The number of fused-ring (bicyclic) bond motifs is 1. The Morgan fingerprint density at radius 1 is 0.879 bits per heavy atom. The zero-order chi connectivity index (χ0) is 23.5. The molecule has 2 aromatic carbocycles. The second kappa shape index (κ2) is 8.44. The van der Waals surface area contributed by atoms with Crippen molar-refractivity contribution in [3.63, 3.8) is 0 Å². The van der Waals surface area contributed by atoms with E-state index in [1.165, 1.54) is 18.2 Å². The summed E-state index contributed by atoms with van der Waals surface area (Å²) in [4.78, 5) is 6.63. The van der Waals surface area contributed by atoms with E-state index in [0.29, 0.717) is 6.07 Å². The van der Waals surface area contributed by atoms with Crippen LogP contribution in [0, 0.1) is 0 Å². The number of alkyl halides is 6. The quantitative estimate of drug-likeness (QED) is 0.352. The van der Waals surface area contributed by atoms with Crippen LogP contribution in [0.2, 0.25) is 0 Å². The number of nitrogens with one attached hydrogen (secondary N) is 1. The number of hydrogen-bond donors (Lipinski definition) is 1. The van der Waals surface area contributed by atoms with Gasteiger partial charge in [0.1, 0.15) is 5.52 Å². The Bertz CT molecular complexity index is 1310. The molecule has 2 aromatic heterocycles. The first-order valence-corrected chi connectivity index (χ1v) is 9.37. The van der Waals surface area contributed by atoms with Gasteiger partial charge < -0.3 is 10.8 Å². The minimum absolute atomic E-state index is 0. The predicted molar refractivity (Wildman–Crippen MR) is 105 cm³/mol. The third-order valence-electron chi connectivity index (χ3n) is 4.70. The van der Waals surface area contributed by atoms with Gasteiger partial charge in [0.2, 0.25) is 5.89 Å². The standard InChI is InChI=1S/C21H16F6N4O.Na.H/c1-19(2,3)18-31-30-17(32-18)16-28-14-9-10(8-13(15(14)29-16)21(25,26)27)11-6-4-5-7-12(11)20(22,23)24;;/h4-9H,1-3H3,(H,28,29);;/q;+1;-1. The van der Waals surface area contributed by atoms with Crippen molar-refractivity contribution >= 4 is 11.0 Å². The van der Waals surface area contributed by atoms with Crippen LogP contribution in [0.1, 0.15) is 39.2 Å². The minimum atomic E-state index is -4.86. The van der Waals surface area contributed by atoms with Crippen molar-refractivity contribution in [3.8, 4) is 22.8 Å². The van der Waals surface area contributed by atoms with Crippen LogP contribution >= 0.6 is 0 Å². The van der Waals surface area contributed by atoms with Gasteiger partial charge in [-0.2, -0.15) is 26.3 Å². The van der Waals surface area contributed by atoms with E-state index in [4.69, 9.17) is 4.42 Å². The SMILES string of the molecule is CC(C)(C)c1nnc(-c2nc3c(C(F)(F)F)cc(-c4ccccc4C(F)(F)F)cc3[nH]2)o1.[H-].[Na+]. The molecule has 0 unspecified atom stereocenters. The molecule has 4 rings (SSSR count). The summed E-state index contributed by atoms with van der Waals surface area (Å²) >= 11 is 0. The van der Waals surface area contributed by atoms with Crippen molar-refractivity contribution in [2.45, 2.75) is 38.5 Å². The van der Waals surface area contributed by atoms with E-state index >= 15 is 0 Å². The molecule has 33 heavy (non-hydrogen) atoms. The molecule has 0 atom stereocenters. The molecule has 0 fully saturated rings. The van der Waals surface area contributed by atoms with Crippen molar-refractivity contribution in [2.75, 3.05) is 0 Å². The second-order valence-corrected chi connectivity index (χ2v) is 8.21. The molecule has 0 aliphatic carbocycles. The topological polar surface area (TPSA) is 67.6 Å². The Balaban J connectivity index is 0.00000204. The van der Waals surface area contributed by atoms with Gasteiger partial charge in [-0.05, 0) is 29.3 Å². The average Bonchev–Trinajstić information content (AvgIpc) is 3.32. The van der Waals surface area contributed by atoms with Gasteiger partial charge in [-0.15, -0.1) is 10.2 Å². The van der Waals surface area contributed by atoms with Crippen molar-refractivity contribution < 1.29 is 61.7 Å². The molecule has 0 radical (unpaired) electrons. The molecule has 1 N–H and O–H groups in total. The van der Waals surface area contributed by atoms with Crippen LogP contribution in [-0.4, -0.2) is 20.2 Å². The fourth-order valence-electron chi connectivity index (χ4n) is 3.19. The van der Waals surface area contributed by atoms with E-state index in [-0.39, 0.29) is 65.2 Å². The molecule has 0 spiro atoms. The number of imidazole rings is 1. The molecule has 4 aromatic rings. The summed E-state index contributed by atoms with van der Waals surface area (Å²) in [5.41, 5.74) is -3.93. The molecule has 5 nitrogen and oxygen atoms in total. The van der Waals surface area contributed by atoms with Gasteiger partial charge in [0.25, 0.3) is 5.89 Å². The van der Waals surface area contributed by atoms with Gasteiger partial charge in [0.05, 0.1) is 16.6 Å². The number of aromatic amines is 1. The van der Waals surface area contributed by atoms with Crippen LogP contribution in [0.4, 0.5) is 26.3 Å². The van der Waals surface area contributed by atoms with Crippen LogP contribution in [0.15, 0.2) is 40.8 Å². The number of halogens is 6. The van der Waals surface area contributed by atoms with Crippen LogP contribution in [0.5, 0.6) is 0 Å². The summed E-state index contributed by atoms with van der Waals surface area (Å²) in [5, 5.41) is 7.71. The summed E-state index contributed by atoms with van der Waals surface area (Å²) in [6, 6.07) is 6.28. The van der Waals surface area contributed by atoms with E-state index in [1.807, 2.05) is 20.8 Å². The van der Waals surface area contributed by atoms with Gasteiger partial charge in [0.15, 0.2) is 5.82 Å². The maximum atomic E-state index is 13.8. The molecule has 0 amide bonds. The third-order valence-corrected chi connectivity index (χ3v) is 4.70. The van der Waals surface area contributed by atoms with Gasteiger partial charge in [0, 0.05) is 5.41 Å². The number of rotatable bonds is 2. The number of hydrogen-bond acceptors (Lipinski definition) is 4. The van der Waals surface area contributed by atoms with Gasteiger partial charge in [-0.3, -0.25) is 0 Å². The summed E-state index contributed by atoms with van der Waals surface area (Å²) in [6.45, 7) is 5.44. The molecule has 2 heterocycles. The van der Waals surface area contributed by atoms with Crippen LogP contribution in [-0.2, 0) is 17.8 Å². The largest absolute Gasteiger partial charge is 1.00 e. The van der Waals surface area contributed by atoms with Crippen molar-refractivity contribution in [2.24, 2.45) is 0 Å². The van der Waals surface area contributed by atoms with Crippen LogP contribution in [0.3, 0.4) is 0 Å². The number of benzene rings is 2. The Morgan fingerprint density at radius 3 is 2.09 bits per heavy atom. The fraction of sp³-hybridized carbons (Fsp3) is 0.286. The maximum Gasteiger partial charge on any atom is 1.00 e. The van der Waals surface area contributed by atoms with Crippen molar-refractivity contribution in [1.29, 1.82) is 0 Å². The van der Waals surface area contributed by atoms with Crippen molar-refractivity contribution in [3.05, 3.63) is 53.4 Å². The normalized spacial score (nSPS) is 12.8. The molecule has 0 saturated heterocycles. The van der Waals surface area contributed by atoms with Gasteiger partial charge >= 0.3 is 41.9 Å². The summed E-state index contributed by atoms with van der Waals surface area (Å²) in [7, 11) is 0. The Morgan fingerprint density at radius 2 is 1.52 bits per heavy atom. The van der Waals surface area contributed by atoms with Crippen LogP contribution < -0.4 is 29.6 Å². The molecule has 170 valence electrons. The summed E-state index contributed by atoms with van der Waals surface area (Å²) in [6.07, 6.45) is -9.60. The fourth-order valence-corrected chi connectivity index (χ4v) is 3.19. The Hall–Kier alpha value is -2.37. The minimum Gasteiger partial charge on any atom is -1.00 e. The first kappa shape index (κ1) is 25.3. The molecule has 0 saturated carbocycles.